The van der Waals surface area contributed by atoms with Crippen molar-refractivity contribution in [2.45, 2.75) is 52.1 Å². The van der Waals surface area contributed by atoms with Gasteiger partial charge in [-0.15, -0.1) is 34.2 Å². The van der Waals surface area contributed by atoms with Crippen LogP contribution in [0.3, 0.4) is 0 Å². The van der Waals surface area contributed by atoms with Gasteiger partial charge in [-0.2, -0.15) is 0 Å². The van der Waals surface area contributed by atoms with Crippen molar-refractivity contribution in [3.8, 4) is 0 Å². The molecule has 1 aromatic heterocycles. The maximum absolute atomic E-state index is 5.93. The van der Waals surface area contributed by atoms with Crippen molar-refractivity contribution in [1.82, 2.24) is 25.4 Å². The third-order valence-corrected chi connectivity index (χ3v) is 4.76. The minimum Gasteiger partial charge on any atom is -0.357 e. The van der Waals surface area contributed by atoms with E-state index in [1.165, 1.54) is 19.3 Å². The van der Waals surface area contributed by atoms with Crippen molar-refractivity contribution in [3.05, 3.63) is 46.5 Å². The third-order valence-electron chi connectivity index (χ3n) is 4.50. The van der Waals surface area contributed by atoms with E-state index in [0.29, 0.717) is 6.54 Å². The second-order valence-electron chi connectivity index (χ2n) is 6.49. The molecule has 1 aliphatic rings. The van der Waals surface area contributed by atoms with Crippen LogP contribution in [0.15, 0.2) is 29.3 Å². The number of halogens is 2. The molecule has 0 saturated heterocycles. The lowest BCUT2D eigenvalue weighted by molar-refractivity contribution is 0.600. The van der Waals surface area contributed by atoms with E-state index >= 15 is 0 Å². The third kappa shape index (κ3) is 6.64. The second kappa shape index (κ2) is 11.5. The number of fused-ring (bicyclic) bond motifs is 1. The van der Waals surface area contributed by atoms with Crippen LogP contribution in [0.1, 0.15) is 43.4 Å². The first-order valence-electron chi connectivity index (χ1n) is 9.44. The zero-order chi connectivity index (χ0) is 18.2. The highest BCUT2D eigenvalue weighted by molar-refractivity contribution is 14.0. The van der Waals surface area contributed by atoms with Gasteiger partial charge in [0, 0.05) is 37.5 Å². The average Bonchev–Trinajstić information content (AvgIpc) is 2.87. The number of hydrogen-bond donors (Lipinski definition) is 2. The lowest BCUT2D eigenvalue weighted by atomic mass is 10.2. The molecule has 2 aromatic rings. The summed E-state index contributed by atoms with van der Waals surface area (Å²) in [7, 11) is 0. The van der Waals surface area contributed by atoms with E-state index in [2.05, 4.69) is 37.3 Å². The highest BCUT2D eigenvalue weighted by atomic mass is 127. The normalized spacial score (nSPS) is 14.1. The molecule has 1 aromatic carbocycles. The van der Waals surface area contributed by atoms with Gasteiger partial charge in [-0.1, -0.05) is 30.2 Å². The lowest BCUT2D eigenvalue weighted by Crippen LogP contribution is -2.38. The van der Waals surface area contributed by atoms with Gasteiger partial charge >= 0.3 is 0 Å². The smallest absolute Gasteiger partial charge is 0.191 e. The topological polar surface area (TPSA) is 67.1 Å². The highest BCUT2D eigenvalue weighted by Gasteiger charge is 2.14. The molecule has 1 aliphatic heterocycles. The monoisotopic (exact) mass is 502 g/mol. The van der Waals surface area contributed by atoms with E-state index in [1.807, 2.05) is 24.3 Å². The molecular formula is C19H28ClIN6. The molecule has 0 radical (unpaired) electrons. The largest absolute Gasteiger partial charge is 0.357 e. The summed E-state index contributed by atoms with van der Waals surface area (Å²) in [6.45, 7) is 5.34. The Hall–Kier alpha value is -1.35. The first-order chi connectivity index (χ1) is 12.8. The summed E-state index contributed by atoms with van der Waals surface area (Å²) in [6, 6.07) is 7.79. The Labute approximate surface area is 183 Å². The van der Waals surface area contributed by atoms with Crippen molar-refractivity contribution in [2.24, 2.45) is 4.99 Å². The van der Waals surface area contributed by atoms with Crippen LogP contribution in [0.2, 0.25) is 5.02 Å². The van der Waals surface area contributed by atoms with Gasteiger partial charge in [0.1, 0.15) is 11.6 Å². The Morgan fingerprint density at radius 1 is 1.15 bits per heavy atom. The van der Waals surface area contributed by atoms with Crippen LogP contribution in [0.25, 0.3) is 0 Å². The molecule has 2 N–H and O–H groups in total. The van der Waals surface area contributed by atoms with Crippen LogP contribution in [0.4, 0.5) is 0 Å². The van der Waals surface area contributed by atoms with Crippen molar-refractivity contribution in [3.63, 3.8) is 0 Å². The molecule has 27 heavy (non-hydrogen) atoms. The molecular weight excluding hydrogens is 475 g/mol. The van der Waals surface area contributed by atoms with Crippen LogP contribution >= 0.6 is 35.6 Å². The molecule has 0 unspecified atom stereocenters. The Morgan fingerprint density at radius 3 is 2.74 bits per heavy atom. The van der Waals surface area contributed by atoms with E-state index < -0.39 is 0 Å². The number of guanidine groups is 1. The summed E-state index contributed by atoms with van der Waals surface area (Å²) in [6.07, 6.45) is 5.61. The van der Waals surface area contributed by atoms with Crippen molar-refractivity contribution in [1.29, 1.82) is 0 Å². The van der Waals surface area contributed by atoms with Gasteiger partial charge in [0.05, 0.1) is 6.54 Å². The van der Waals surface area contributed by atoms with Gasteiger partial charge in [0.25, 0.3) is 0 Å². The quantitative estimate of drug-likeness (QED) is 0.360. The summed E-state index contributed by atoms with van der Waals surface area (Å²) in [5, 5.41) is 16.2. The van der Waals surface area contributed by atoms with Gasteiger partial charge in [0.2, 0.25) is 0 Å². The number of nitrogens with one attached hydrogen (secondary N) is 2. The molecule has 0 fully saturated rings. The maximum Gasteiger partial charge on any atom is 0.191 e. The van der Waals surface area contributed by atoms with Crippen LogP contribution in [-0.2, 0) is 25.9 Å². The fourth-order valence-electron chi connectivity index (χ4n) is 3.12. The molecule has 6 nitrogen and oxygen atoms in total. The predicted octanol–water partition coefficient (Wildman–Crippen LogP) is 3.57. The van der Waals surface area contributed by atoms with Gasteiger partial charge < -0.3 is 15.2 Å². The van der Waals surface area contributed by atoms with Gasteiger partial charge in [-0.05, 0) is 37.5 Å². The molecule has 3 rings (SSSR count). The molecule has 0 amide bonds. The number of aliphatic imine (C=N–C) groups is 1. The first-order valence-corrected chi connectivity index (χ1v) is 9.81. The first kappa shape index (κ1) is 21.9. The summed E-state index contributed by atoms with van der Waals surface area (Å²) in [5.41, 5.74) is 1.13. The fraction of sp³-hybridized carbons (Fsp3) is 0.526. The van der Waals surface area contributed by atoms with Crippen LogP contribution in [0, 0.1) is 0 Å². The number of aryl methyl sites for hydroxylation is 1. The predicted molar refractivity (Wildman–Crippen MR) is 121 cm³/mol. The summed E-state index contributed by atoms with van der Waals surface area (Å²) < 4.78 is 2.30. The number of rotatable bonds is 6. The van der Waals surface area contributed by atoms with Crippen LogP contribution in [-0.4, -0.2) is 33.8 Å². The van der Waals surface area contributed by atoms with Crippen molar-refractivity contribution < 1.29 is 0 Å². The maximum atomic E-state index is 5.93. The standard InChI is InChI=1S/C19H27ClN6.HI/c1-2-21-19(23-14-15-7-9-16(20)10-8-15)22-12-11-18-25-24-17-6-4-3-5-13-26(17)18;/h7-10H,2-6,11-14H2,1H3,(H2,21,22,23);1H. The number of nitrogens with zero attached hydrogens (tertiary/aromatic N) is 4. The zero-order valence-corrected chi connectivity index (χ0v) is 18.8. The molecule has 0 aliphatic carbocycles. The summed E-state index contributed by atoms with van der Waals surface area (Å²) >= 11 is 5.93. The van der Waals surface area contributed by atoms with Crippen LogP contribution in [0.5, 0.6) is 0 Å². The summed E-state index contributed by atoms with van der Waals surface area (Å²) in [4.78, 5) is 4.64. The Bertz CT molecular complexity index is 728. The minimum absolute atomic E-state index is 0. The fourth-order valence-corrected chi connectivity index (χ4v) is 3.25. The molecule has 0 atom stereocenters. The second-order valence-corrected chi connectivity index (χ2v) is 6.93. The van der Waals surface area contributed by atoms with Crippen molar-refractivity contribution in [2.75, 3.05) is 13.1 Å². The zero-order valence-electron chi connectivity index (χ0n) is 15.7. The lowest BCUT2D eigenvalue weighted by Gasteiger charge is -2.12. The van der Waals surface area contributed by atoms with E-state index in [1.54, 1.807) is 0 Å². The average molecular weight is 503 g/mol. The Balaban J connectivity index is 0.00000261. The van der Waals surface area contributed by atoms with E-state index in [9.17, 15) is 0 Å². The molecule has 2 heterocycles. The SMILES string of the molecule is CCNC(=NCc1ccc(Cl)cc1)NCCc1nnc2n1CCCCC2.I. The number of aromatic nitrogens is 3. The molecule has 148 valence electrons. The number of benzene rings is 1. The summed E-state index contributed by atoms with van der Waals surface area (Å²) in [5.74, 6) is 3.03. The van der Waals surface area contributed by atoms with Crippen molar-refractivity contribution >= 4 is 41.5 Å². The van der Waals surface area contributed by atoms with Gasteiger partial charge in [-0.3, -0.25) is 0 Å². The van der Waals surface area contributed by atoms with Crippen LogP contribution < -0.4 is 10.6 Å². The molecule has 0 saturated carbocycles. The molecule has 0 bridgehead atoms. The van der Waals surface area contributed by atoms with E-state index in [4.69, 9.17) is 11.6 Å². The van der Waals surface area contributed by atoms with E-state index in [-0.39, 0.29) is 24.0 Å². The number of hydrogen-bond acceptors (Lipinski definition) is 3. The molecule has 8 heteroatoms. The van der Waals surface area contributed by atoms with E-state index in [0.717, 1.165) is 60.7 Å². The highest BCUT2D eigenvalue weighted by Crippen LogP contribution is 2.14. The minimum atomic E-state index is 0. The Kier molecular flexibility index (Phi) is 9.33. The molecule has 0 spiro atoms. The Morgan fingerprint density at radius 2 is 1.96 bits per heavy atom. The van der Waals surface area contributed by atoms with Gasteiger partial charge in [0.15, 0.2) is 5.96 Å². The van der Waals surface area contributed by atoms with Gasteiger partial charge in [-0.25, -0.2) is 4.99 Å².